The zero-order chi connectivity index (χ0) is 41.5. The van der Waals surface area contributed by atoms with Crippen molar-refractivity contribution in [2.24, 2.45) is 0 Å². The fourth-order valence-electron chi connectivity index (χ4n) is 6.19. The molecule has 0 saturated heterocycles. The summed E-state index contributed by atoms with van der Waals surface area (Å²) >= 11 is 0. The van der Waals surface area contributed by atoms with Crippen molar-refractivity contribution in [1.82, 2.24) is 21.3 Å². The van der Waals surface area contributed by atoms with E-state index >= 15 is 0 Å². The van der Waals surface area contributed by atoms with Crippen LogP contribution in [0.1, 0.15) is 103 Å². The van der Waals surface area contributed by atoms with Crippen LogP contribution in [0.25, 0.3) is 0 Å². The quantitative estimate of drug-likeness (QED) is 0.0532. The molecule has 12 heteroatoms. The zero-order valence-electron chi connectivity index (χ0n) is 34.5. The number of nitrogens with one attached hydrogen (secondary N) is 8. The molecule has 304 valence electrons. The molecule has 4 aromatic rings. The molecule has 0 aliphatic carbocycles. The number of hydrogen-bond donors (Lipinski definition) is 8. The van der Waals surface area contributed by atoms with E-state index < -0.39 is 5.41 Å². The summed E-state index contributed by atoms with van der Waals surface area (Å²) in [4.78, 5) is 51.0. The topological polar surface area (TPSA) is 165 Å². The molecule has 0 aliphatic heterocycles. The molecule has 0 radical (unpaired) electrons. The summed E-state index contributed by atoms with van der Waals surface area (Å²) in [5, 5.41) is 23.6. The van der Waals surface area contributed by atoms with Gasteiger partial charge in [-0.1, -0.05) is 76.2 Å². The minimum Gasteiger partial charge on any atom is -0.335 e. The maximum atomic E-state index is 12.8. The minimum atomic E-state index is -0.954. The van der Waals surface area contributed by atoms with Crippen molar-refractivity contribution >= 4 is 46.9 Å². The van der Waals surface area contributed by atoms with Crippen molar-refractivity contribution in [3.05, 3.63) is 119 Å². The van der Waals surface area contributed by atoms with Gasteiger partial charge in [-0.05, 0) is 124 Å². The molecular formula is C45H60N8O4. The van der Waals surface area contributed by atoms with E-state index in [-0.39, 0.29) is 48.3 Å². The van der Waals surface area contributed by atoms with Crippen LogP contribution in [0.2, 0.25) is 0 Å². The largest absolute Gasteiger partial charge is 0.335 e. The number of carbonyl (C=O) groups is 4. The summed E-state index contributed by atoms with van der Waals surface area (Å²) in [6.45, 7) is 15.9. The van der Waals surface area contributed by atoms with Crippen LogP contribution >= 0.6 is 0 Å². The highest BCUT2D eigenvalue weighted by Gasteiger charge is 2.38. The highest BCUT2D eigenvalue weighted by atomic mass is 16.2. The predicted molar refractivity (Wildman–Crippen MR) is 232 cm³/mol. The SMILES string of the molecule is CC[C@H](C)NC(=O)Nc1ccc(C(c2ccc(NC(=O)N[C@@H](C)CC)cc2)(c2ccc(NC(=O)N[C@@H](C)CC)cc2)c2ccc(NC(=O)N[C@@H](C)CC)cc2)cc1. The normalized spacial score (nSPS) is 13.2. The molecular weight excluding hydrogens is 717 g/mol. The smallest absolute Gasteiger partial charge is 0.319 e. The van der Waals surface area contributed by atoms with E-state index in [1.165, 1.54) is 0 Å². The lowest BCUT2D eigenvalue weighted by atomic mass is 9.65. The summed E-state index contributed by atoms with van der Waals surface area (Å²) in [6.07, 6.45) is 3.22. The second-order valence-corrected chi connectivity index (χ2v) is 14.7. The molecule has 4 aromatic carbocycles. The second kappa shape index (κ2) is 20.8. The Hall–Kier alpha value is -6.04. The standard InChI is InChI=1S/C45H60N8O4/c1-9-29(5)46-41(54)50-37-21-13-33(14-22-37)45(34-15-23-38(24-16-34)51-42(55)47-30(6)10-2,35-17-25-39(26-18-35)52-43(56)48-31(7)11-3)36-19-27-40(28-20-36)53-44(57)49-32(8)12-4/h13-32H,9-12H2,1-8H3,(H2,46,50,54)(H2,47,51,55)(H2,48,52,56)(H2,49,53,57)/t29-,30-,31-,32-/m0/s1. The number of anilines is 4. The molecule has 0 fully saturated rings. The lowest BCUT2D eigenvalue weighted by Crippen LogP contribution is -2.36. The van der Waals surface area contributed by atoms with E-state index in [0.717, 1.165) is 47.9 Å². The van der Waals surface area contributed by atoms with Gasteiger partial charge in [0.15, 0.2) is 0 Å². The van der Waals surface area contributed by atoms with E-state index in [9.17, 15) is 19.2 Å². The third-order valence-corrected chi connectivity index (χ3v) is 10.3. The van der Waals surface area contributed by atoms with Gasteiger partial charge < -0.3 is 42.5 Å². The first kappa shape index (κ1) is 43.7. The number of hydrogen-bond acceptors (Lipinski definition) is 4. The average Bonchev–Trinajstić information content (AvgIpc) is 3.20. The summed E-state index contributed by atoms with van der Waals surface area (Å²) in [5.41, 5.74) is 5.08. The summed E-state index contributed by atoms with van der Waals surface area (Å²) in [5.74, 6) is 0. The highest BCUT2D eigenvalue weighted by molar-refractivity contribution is 5.91. The van der Waals surface area contributed by atoms with Gasteiger partial charge in [0, 0.05) is 46.9 Å². The summed E-state index contributed by atoms with van der Waals surface area (Å²) < 4.78 is 0. The molecule has 0 bridgehead atoms. The van der Waals surface area contributed by atoms with Crippen molar-refractivity contribution in [1.29, 1.82) is 0 Å². The van der Waals surface area contributed by atoms with Crippen LogP contribution in [-0.4, -0.2) is 48.3 Å². The van der Waals surface area contributed by atoms with E-state index in [1.807, 2.05) is 152 Å². The van der Waals surface area contributed by atoms with Crippen molar-refractivity contribution in [2.45, 2.75) is 111 Å². The van der Waals surface area contributed by atoms with Gasteiger partial charge in [-0.2, -0.15) is 0 Å². The predicted octanol–water partition coefficient (Wildman–Crippen LogP) is 9.75. The van der Waals surface area contributed by atoms with Gasteiger partial charge in [-0.25, -0.2) is 19.2 Å². The first-order valence-electron chi connectivity index (χ1n) is 20.0. The van der Waals surface area contributed by atoms with Gasteiger partial charge in [0.25, 0.3) is 0 Å². The van der Waals surface area contributed by atoms with E-state index in [2.05, 4.69) is 42.5 Å². The number of urea groups is 4. The summed E-state index contributed by atoms with van der Waals surface area (Å²) in [6, 6.07) is 29.8. The zero-order valence-corrected chi connectivity index (χ0v) is 34.5. The number of benzene rings is 4. The fraction of sp³-hybridized carbons (Fsp3) is 0.378. The van der Waals surface area contributed by atoms with Crippen molar-refractivity contribution in [2.75, 3.05) is 21.3 Å². The molecule has 0 aliphatic rings. The van der Waals surface area contributed by atoms with Gasteiger partial charge in [0.05, 0.1) is 5.41 Å². The Morgan fingerprint density at radius 3 is 0.702 bits per heavy atom. The molecule has 12 nitrogen and oxygen atoms in total. The van der Waals surface area contributed by atoms with Crippen LogP contribution in [0, 0.1) is 0 Å². The number of amides is 8. The molecule has 0 spiro atoms. The molecule has 57 heavy (non-hydrogen) atoms. The van der Waals surface area contributed by atoms with Crippen LogP contribution in [0.5, 0.6) is 0 Å². The molecule has 8 N–H and O–H groups in total. The third kappa shape index (κ3) is 12.0. The van der Waals surface area contributed by atoms with Gasteiger partial charge in [-0.3, -0.25) is 0 Å². The van der Waals surface area contributed by atoms with Crippen LogP contribution in [0.3, 0.4) is 0 Å². The van der Waals surface area contributed by atoms with Crippen LogP contribution < -0.4 is 42.5 Å². The van der Waals surface area contributed by atoms with E-state index in [4.69, 9.17) is 0 Å². The summed E-state index contributed by atoms with van der Waals surface area (Å²) in [7, 11) is 0. The monoisotopic (exact) mass is 776 g/mol. The molecule has 0 unspecified atom stereocenters. The van der Waals surface area contributed by atoms with E-state index in [1.54, 1.807) is 0 Å². The van der Waals surface area contributed by atoms with Crippen LogP contribution in [0.4, 0.5) is 41.9 Å². The molecule has 8 amide bonds. The molecule has 4 rings (SSSR count). The lowest BCUT2D eigenvalue weighted by molar-refractivity contribution is 0.248. The second-order valence-electron chi connectivity index (χ2n) is 14.7. The highest BCUT2D eigenvalue weighted by Crippen LogP contribution is 2.46. The van der Waals surface area contributed by atoms with E-state index in [0.29, 0.717) is 22.7 Å². The van der Waals surface area contributed by atoms with Crippen molar-refractivity contribution in [3.63, 3.8) is 0 Å². The first-order chi connectivity index (χ1) is 27.3. The Bertz CT molecular complexity index is 1630. The van der Waals surface area contributed by atoms with Gasteiger partial charge in [0.2, 0.25) is 0 Å². The van der Waals surface area contributed by atoms with Crippen LogP contribution in [-0.2, 0) is 5.41 Å². The molecule has 0 heterocycles. The first-order valence-corrected chi connectivity index (χ1v) is 20.0. The lowest BCUT2D eigenvalue weighted by Gasteiger charge is -2.37. The Kier molecular flexibility index (Phi) is 15.9. The van der Waals surface area contributed by atoms with Gasteiger partial charge in [0.1, 0.15) is 0 Å². The van der Waals surface area contributed by atoms with Crippen molar-refractivity contribution < 1.29 is 19.2 Å². The molecule has 0 aromatic heterocycles. The number of carbonyl (C=O) groups excluding carboxylic acids is 4. The van der Waals surface area contributed by atoms with Gasteiger partial charge in [-0.15, -0.1) is 0 Å². The van der Waals surface area contributed by atoms with Crippen molar-refractivity contribution in [3.8, 4) is 0 Å². The third-order valence-electron chi connectivity index (χ3n) is 10.3. The maximum Gasteiger partial charge on any atom is 0.319 e. The Labute approximate surface area is 337 Å². The number of rotatable bonds is 16. The molecule has 0 saturated carbocycles. The average molecular weight is 777 g/mol. The fourth-order valence-corrected chi connectivity index (χ4v) is 6.19. The van der Waals surface area contributed by atoms with Gasteiger partial charge >= 0.3 is 24.1 Å². The maximum absolute atomic E-state index is 12.8. The Balaban J connectivity index is 1.87. The molecule has 4 atom stereocenters. The van der Waals surface area contributed by atoms with Crippen LogP contribution in [0.15, 0.2) is 97.1 Å². The Morgan fingerprint density at radius 1 is 0.368 bits per heavy atom. The Morgan fingerprint density at radius 2 is 0.544 bits per heavy atom. The minimum absolute atomic E-state index is 0.0210.